The number of hydrogen-bond donors (Lipinski definition) is 2. The highest BCUT2D eigenvalue weighted by atomic mass is 16.5. The molecule has 1 aromatic rings. The number of nitrogens with zero attached hydrogens (tertiary/aromatic N) is 1. The Morgan fingerprint density at radius 2 is 1.93 bits per heavy atom. The first-order valence-electron chi connectivity index (χ1n) is 10.2. The number of benzene rings is 1. The molecule has 2 N–H and O–H groups in total. The quantitative estimate of drug-likeness (QED) is 0.519. The average molecular weight is 417 g/mol. The standard InChI is InChI=1S/C21H27N3O6/c1-14(2)12-29-16-8-6-7-15(11-16)18(26)30-13-17(25)23-24-19(27)21(22-20(24)28)9-4-3-5-10-21/h6-8,11,14H,3-5,9-10,12-13H2,1-2H3,(H,22,28)(H,23,25). The third kappa shape index (κ3) is 4.90. The van der Waals surface area contributed by atoms with Crippen molar-refractivity contribution in [3.05, 3.63) is 29.8 Å². The van der Waals surface area contributed by atoms with Crippen LogP contribution in [0, 0.1) is 5.92 Å². The molecule has 0 unspecified atom stereocenters. The van der Waals surface area contributed by atoms with Gasteiger partial charge in [0.1, 0.15) is 11.3 Å². The first kappa shape index (κ1) is 21.6. The lowest BCUT2D eigenvalue weighted by atomic mass is 9.82. The highest BCUT2D eigenvalue weighted by Crippen LogP contribution is 2.32. The summed E-state index contributed by atoms with van der Waals surface area (Å²) < 4.78 is 10.6. The van der Waals surface area contributed by atoms with E-state index >= 15 is 0 Å². The highest BCUT2D eigenvalue weighted by molar-refractivity contribution is 6.08. The predicted octanol–water partition coefficient (Wildman–Crippen LogP) is 2.16. The van der Waals surface area contributed by atoms with E-state index in [0.717, 1.165) is 19.3 Å². The second-order valence-corrected chi connectivity index (χ2v) is 8.06. The minimum atomic E-state index is -0.935. The number of hydrogen-bond acceptors (Lipinski definition) is 6. The summed E-state index contributed by atoms with van der Waals surface area (Å²) in [5.41, 5.74) is 1.53. The van der Waals surface area contributed by atoms with Crippen molar-refractivity contribution in [2.45, 2.75) is 51.5 Å². The molecule has 0 aromatic heterocycles. The Balaban J connectivity index is 1.52. The van der Waals surface area contributed by atoms with E-state index in [-0.39, 0.29) is 5.56 Å². The van der Waals surface area contributed by atoms with Crippen LogP contribution in [0.4, 0.5) is 4.79 Å². The Labute approximate surface area is 175 Å². The van der Waals surface area contributed by atoms with Gasteiger partial charge in [0.05, 0.1) is 12.2 Å². The monoisotopic (exact) mass is 417 g/mol. The SMILES string of the molecule is CC(C)COc1cccc(C(=O)OCC(=O)NN2C(=O)NC3(CCCCC3)C2=O)c1. The van der Waals surface area contributed by atoms with Crippen LogP contribution in [0.15, 0.2) is 24.3 Å². The molecule has 1 spiro atoms. The number of nitrogens with one attached hydrogen (secondary N) is 2. The van der Waals surface area contributed by atoms with Gasteiger partial charge >= 0.3 is 12.0 Å². The molecule has 162 valence electrons. The van der Waals surface area contributed by atoms with Crippen molar-refractivity contribution < 1.29 is 28.7 Å². The number of imide groups is 1. The fourth-order valence-corrected chi connectivity index (χ4v) is 3.56. The largest absolute Gasteiger partial charge is 0.493 e. The molecular formula is C21H27N3O6. The Hall–Kier alpha value is -3.10. The molecule has 1 saturated carbocycles. The summed E-state index contributed by atoms with van der Waals surface area (Å²) in [5, 5.41) is 3.37. The number of carbonyl (C=O) groups is 4. The molecule has 4 amide bonds. The summed E-state index contributed by atoms with van der Waals surface area (Å²) in [6, 6.07) is 5.80. The molecule has 2 fully saturated rings. The average Bonchev–Trinajstić information content (AvgIpc) is 2.95. The molecule has 1 saturated heterocycles. The van der Waals surface area contributed by atoms with Gasteiger partial charge in [0.25, 0.3) is 11.8 Å². The van der Waals surface area contributed by atoms with E-state index in [9.17, 15) is 19.2 Å². The number of esters is 1. The maximum absolute atomic E-state index is 12.6. The minimum absolute atomic E-state index is 0.236. The van der Waals surface area contributed by atoms with Crippen LogP contribution in [0.3, 0.4) is 0 Å². The number of carbonyl (C=O) groups excluding carboxylic acids is 4. The van der Waals surface area contributed by atoms with Crippen molar-refractivity contribution in [1.29, 1.82) is 0 Å². The van der Waals surface area contributed by atoms with Gasteiger partial charge in [-0.1, -0.05) is 39.2 Å². The first-order valence-corrected chi connectivity index (χ1v) is 10.2. The zero-order valence-electron chi connectivity index (χ0n) is 17.2. The third-order valence-corrected chi connectivity index (χ3v) is 5.09. The van der Waals surface area contributed by atoms with E-state index in [1.807, 2.05) is 13.8 Å². The van der Waals surface area contributed by atoms with Gasteiger partial charge in [0.15, 0.2) is 6.61 Å². The van der Waals surface area contributed by atoms with Crippen molar-refractivity contribution in [3.8, 4) is 5.75 Å². The molecule has 1 aliphatic carbocycles. The van der Waals surface area contributed by atoms with Crippen molar-refractivity contribution in [3.63, 3.8) is 0 Å². The van der Waals surface area contributed by atoms with Crippen molar-refractivity contribution in [1.82, 2.24) is 15.8 Å². The fraction of sp³-hybridized carbons (Fsp3) is 0.524. The van der Waals surface area contributed by atoms with Crippen LogP contribution in [-0.4, -0.2) is 47.6 Å². The maximum Gasteiger partial charge on any atom is 0.344 e. The lowest BCUT2D eigenvalue weighted by molar-refractivity contribution is -0.140. The normalized spacial score (nSPS) is 17.8. The summed E-state index contributed by atoms with van der Waals surface area (Å²) in [5.74, 6) is -1.09. The van der Waals surface area contributed by atoms with Gasteiger partial charge in [-0.05, 0) is 37.0 Å². The molecular weight excluding hydrogens is 390 g/mol. The minimum Gasteiger partial charge on any atom is -0.493 e. The summed E-state index contributed by atoms with van der Waals surface area (Å²) in [7, 11) is 0. The van der Waals surface area contributed by atoms with Gasteiger partial charge in [-0.2, -0.15) is 5.01 Å². The van der Waals surface area contributed by atoms with Gasteiger partial charge in [0, 0.05) is 0 Å². The Kier molecular flexibility index (Phi) is 6.59. The Bertz CT molecular complexity index is 832. The third-order valence-electron chi connectivity index (χ3n) is 5.09. The second kappa shape index (κ2) is 9.15. The van der Waals surface area contributed by atoms with E-state index in [2.05, 4.69) is 10.7 Å². The van der Waals surface area contributed by atoms with Crippen LogP contribution in [0.2, 0.25) is 0 Å². The van der Waals surface area contributed by atoms with E-state index < -0.39 is 36.0 Å². The van der Waals surface area contributed by atoms with Gasteiger partial charge in [-0.25, -0.2) is 9.59 Å². The van der Waals surface area contributed by atoms with Crippen LogP contribution < -0.4 is 15.5 Å². The second-order valence-electron chi connectivity index (χ2n) is 8.06. The van der Waals surface area contributed by atoms with Gasteiger partial charge < -0.3 is 14.8 Å². The van der Waals surface area contributed by atoms with E-state index in [4.69, 9.17) is 9.47 Å². The molecule has 0 atom stereocenters. The smallest absolute Gasteiger partial charge is 0.344 e. The van der Waals surface area contributed by atoms with Crippen LogP contribution in [0.5, 0.6) is 5.75 Å². The number of hydrazine groups is 1. The number of urea groups is 1. The summed E-state index contributed by atoms with van der Waals surface area (Å²) >= 11 is 0. The van der Waals surface area contributed by atoms with Gasteiger partial charge in [-0.3, -0.25) is 15.0 Å². The summed E-state index contributed by atoms with van der Waals surface area (Å²) in [6.45, 7) is 3.91. The van der Waals surface area contributed by atoms with Crippen molar-refractivity contribution in [2.75, 3.05) is 13.2 Å². The van der Waals surface area contributed by atoms with Crippen LogP contribution in [0.25, 0.3) is 0 Å². The number of rotatable bonds is 7. The van der Waals surface area contributed by atoms with E-state index in [0.29, 0.717) is 36.1 Å². The summed E-state index contributed by atoms with van der Waals surface area (Å²) in [6.07, 6.45) is 3.79. The zero-order chi connectivity index (χ0) is 21.7. The van der Waals surface area contributed by atoms with Crippen LogP contribution >= 0.6 is 0 Å². The lowest BCUT2D eigenvalue weighted by Crippen LogP contribution is -2.51. The summed E-state index contributed by atoms with van der Waals surface area (Å²) in [4.78, 5) is 49.2. The van der Waals surface area contributed by atoms with Crippen molar-refractivity contribution in [2.24, 2.45) is 5.92 Å². The lowest BCUT2D eigenvalue weighted by Gasteiger charge is -2.30. The topological polar surface area (TPSA) is 114 Å². The van der Waals surface area contributed by atoms with E-state index in [1.165, 1.54) is 6.07 Å². The fourth-order valence-electron chi connectivity index (χ4n) is 3.56. The molecule has 1 aromatic carbocycles. The molecule has 9 nitrogen and oxygen atoms in total. The van der Waals surface area contributed by atoms with Crippen LogP contribution in [-0.2, 0) is 14.3 Å². The molecule has 3 rings (SSSR count). The molecule has 1 aliphatic heterocycles. The Morgan fingerprint density at radius 1 is 1.20 bits per heavy atom. The number of ether oxygens (including phenoxy) is 2. The molecule has 0 bridgehead atoms. The Morgan fingerprint density at radius 3 is 2.63 bits per heavy atom. The van der Waals surface area contributed by atoms with Gasteiger partial charge in [0.2, 0.25) is 0 Å². The molecule has 30 heavy (non-hydrogen) atoms. The first-order chi connectivity index (χ1) is 14.3. The maximum atomic E-state index is 12.6. The predicted molar refractivity (Wildman–Crippen MR) is 106 cm³/mol. The molecule has 2 aliphatic rings. The zero-order valence-corrected chi connectivity index (χ0v) is 17.2. The van der Waals surface area contributed by atoms with Crippen LogP contribution in [0.1, 0.15) is 56.3 Å². The van der Waals surface area contributed by atoms with E-state index in [1.54, 1.807) is 18.2 Å². The van der Waals surface area contributed by atoms with Crippen molar-refractivity contribution >= 4 is 23.8 Å². The highest BCUT2D eigenvalue weighted by Gasteiger charge is 2.52. The molecule has 1 heterocycles. The van der Waals surface area contributed by atoms with Gasteiger partial charge in [-0.15, -0.1) is 0 Å². The number of amides is 4. The molecule has 9 heteroatoms. The molecule has 0 radical (unpaired) electrons.